The summed E-state index contributed by atoms with van der Waals surface area (Å²) in [6.45, 7) is 0. The van der Waals surface area contributed by atoms with E-state index in [2.05, 4.69) is 15.2 Å². The van der Waals surface area contributed by atoms with Crippen LogP contribution in [0, 0.1) is 5.21 Å². The van der Waals surface area contributed by atoms with Gasteiger partial charge < -0.3 is 9.85 Å². The van der Waals surface area contributed by atoms with Crippen LogP contribution in [0.4, 0.5) is 17.2 Å². The van der Waals surface area contributed by atoms with Gasteiger partial charge in [0.05, 0.1) is 19.8 Å². The Kier molecular flexibility index (Phi) is 3.45. The van der Waals surface area contributed by atoms with Crippen molar-refractivity contribution in [2.24, 2.45) is 10.2 Å². The molecular formula is C13H14N4O. The molecule has 0 bridgehead atoms. The van der Waals surface area contributed by atoms with Gasteiger partial charge >= 0.3 is 0 Å². The fraction of sp³-hybridized carbons (Fsp3) is 0.154. The molecule has 0 saturated heterocycles. The van der Waals surface area contributed by atoms with Crippen molar-refractivity contribution in [1.29, 1.82) is 0 Å². The zero-order chi connectivity index (χ0) is 13.0. The average molecular weight is 242 g/mol. The predicted molar refractivity (Wildman–Crippen MR) is 71.9 cm³/mol. The molecule has 0 unspecified atom stereocenters. The lowest BCUT2D eigenvalue weighted by atomic mass is 10.3. The van der Waals surface area contributed by atoms with E-state index in [4.69, 9.17) is 0 Å². The topological polar surface area (TPSA) is 60.7 Å². The van der Waals surface area contributed by atoms with E-state index in [9.17, 15) is 5.21 Å². The lowest BCUT2D eigenvalue weighted by Gasteiger charge is -2.32. The molecule has 18 heavy (non-hydrogen) atoms. The highest BCUT2D eigenvalue weighted by Gasteiger charge is 2.06. The Bertz CT molecular complexity index is 529. The van der Waals surface area contributed by atoms with Crippen LogP contribution in [0.25, 0.3) is 0 Å². The fourth-order valence-electron chi connectivity index (χ4n) is 1.40. The van der Waals surface area contributed by atoms with Crippen molar-refractivity contribution in [2.45, 2.75) is 0 Å². The molecule has 2 rings (SSSR count). The Balaban J connectivity index is 2.14. The van der Waals surface area contributed by atoms with Crippen molar-refractivity contribution in [3.63, 3.8) is 0 Å². The van der Waals surface area contributed by atoms with Crippen LogP contribution in [0.3, 0.4) is 0 Å². The van der Waals surface area contributed by atoms with Gasteiger partial charge in [-0.25, -0.2) is 4.98 Å². The smallest absolute Gasteiger partial charge is 0.174 e. The van der Waals surface area contributed by atoms with Crippen molar-refractivity contribution >= 4 is 17.2 Å². The second kappa shape index (κ2) is 5.03. The van der Waals surface area contributed by atoms with E-state index >= 15 is 0 Å². The van der Waals surface area contributed by atoms with E-state index in [0.29, 0.717) is 17.2 Å². The Morgan fingerprint density at radius 3 is 2.28 bits per heavy atom. The highest BCUT2D eigenvalue weighted by molar-refractivity contribution is 5.50. The summed E-state index contributed by atoms with van der Waals surface area (Å²) < 4.78 is -0.461. The summed E-state index contributed by atoms with van der Waals surface area (Å²) >= 11 is 0. The largest absolute Gasteiger partial charge is 0.628 e. The van der Waals surface area contributed by atoms with Gasteiger partial charge in [0.1, 0.15) is 5.69 Å². The summed E-state index contributed by atoms with van der Waals surface area (Å²) in [6, 6.07) is 12.5. The monoisotopic (exact) mass is 242 g/mol. The van der Waals surface area contributed by atoms with Crippen LogP contribution < -0.4 is 4.65 Å². The molecule has 0 amide bonds. The summed E-state index contributed by atoms with van der Waals surface area (Å²) in [7, 11) is 3.15. The molecular weight excluding hydrogens is 228 g/mol. The van der Waals surface area contributed by atoms with Gasteiger partial charge in [-0.1, -0.05) is 6.07 Å². The van der Waals surface area contributed by atoms with Crippen LogP contribution in [0.1, 0.15) is 0 Å². The predicted octanol–water partition coefficient (Wildman–Crippen LogP) is 3.56. The first kappa shape index (κ1) is 12.3. The van der Waals surface area contributed by atoms with E-state index in [1.165, 1.54) is 0 Å². The first-order valence-corrected chi connectivity index (χ1v) is 5.54. The molecule has 0 atom stereocenters. The minimum Gasteiger partial charge on any atom is -0.628 e. The van der Waals surface area contributed by atoms with Crippen molar-refractivity contribution < 1.29 is 0 Å². The normalized spacial score (nSPS) is 11.9. The van der Waals surface area contributed by atoms with E-state index in [-0.39, 0.29) is 0 Å². The van der Waals surface area contributed by atoms with Crippen molar-refractivity contribution in [3.05, 3.63) is 53.9 Å². The molecule has 1 aromatic heterocycles. The maximum atomic E-state index is 11.7. The Hall–Kier alpha value is -2.11. The van der Waals surface area contributed by atoms with E-state index in [0.717, 1.165) is 0 Å². The van der Waals surface area contributed by atoms with Crippen LogP contribution in [0.5, 0.6) is 0 Å². The highest BCUT2D eigenvalue weighted by atomic mass is 16.5. The van der Waals surface area contributed by atoms with Gasteiger partial charge in [-0.05, 0) is 24.3 Å². The molecule has 5 heteroatoms. The van der Waals surface area contributed by atoms with Crippen molar-refractivity contribution in [2.75, 3.05) is 14.1 Å². The van der Waals surface area contributed by atoms with Gasteiger partial charge in [-0.2, -0.15) is 0 Å². The lowest BCUT2D eigenvalue weighted by molar-refractivity contribution is 0.543. The molecule has 2 aromatic rings. The number of rotatable bonds is 3. The molecule has 0 aliphatic heterocycles. The quantitative estimate of drug-likeness (QED) is 0.469. The molecule has 0 saturated carbocycles. The maximum absolute atomic E-state index is 11.7. The zero-order valence-corrected chi connectivity index (χ0v) is 10.3. The van der Waals surface area contributed by atoms with E-state index in [1.54, 1.807) is 50.6 Å². The summed E-state index contributed by atoms with van der Waals surface area (Å²) in [5, 5.41) is 19.7. The molecule has 5 nitrogen and oxygen atoms in total. The molecule has 0 aliphatic rings. The Labute approximate surface area is 106 Å². The van der Waals surface area contributed by atoms with Gasteiger partial charge in [-0.15, -0.1) is 10.2 Å². The molecule has 0 aliphatic carbocycles. The molecule has 0 fully saturated rings. The maximum Gasteiger partial charge on any atom is 0.174 e. The van der Waals surface area contributed by atoms with Crippen LogP contribution in [0.2, 0.25) is 0 Å². The van der Waals surface area contributed by atoms with Gasteiger partial charge in [-0.3, -0.25) is 0 Å². The minimum absolute atomic E-state index is 0.461. The number of hydrogen-bond acceptors (Lipinski definition) is 4. The van der Waals surface area contributed by atoms with Crippen molar-refractivity contribution in [1.82, 2.24) is 9.63 Å². The second-order valence-electron chi connectivity index (χ2n) is 4.26. The van der Waals surface area contributed by atoms with Crippen molar-refractivity contribution in [3.8, 4) is 0 Å². The van der Waals surface area contributed by atoms with Crippen LogP contribution in [0.15, 0.2) is 58.9 Å². The molecule has 0 radical (unpaired) electrons. The Morgan fingerprint density at radius 2 is 1.72 bits per heavy atom. The first-order valence-electron chi connectivity index (χ1n) is 5.54. The number of azo groups is 1. The number of pyridine rings is 1. The third-order valence-electron chi connectivity index (χ3n) is 2.39. The molecule has 0 N–H and O–H groups in total. The number of hydrogen-bond donors (Lipinski definition) is 0. The van der Waals surface area contributed by atoms with Crippen LogP contribution >= 0.6 is 0 Å². The standard InChI is InChI=1S/C13H14N4O/c1-17(2,18)12-8-6-11(7-9-12)15-16-13-5-3-4-10-14-13/h3-10H,1-2H3. The van der Waals surface area contributed by atoms with E-state index < -0.39 is 4.65 Å². The van der Waals surface area contributed by atoms with Gasteiger partial charge in [0.15, 0.2) is 5.82 Å². The molecule has 92 valence electrons. The number of aromatic nitrogens is 1. The Morgan fingerprint density at radius 1 is 1.00 bits per heavy atom. The fourth-order valence-corrected chi connectivity index (χ4v) is 1.40. The number of quaternary nitrogens is 1. The second-order valence-corrected chi connectivity index (χ2v) is 4.26. The lowest BCUT2D eigenvalue weighted by Crippen LogP contribution is -2.32. The SMILES string of the molecule is C[N+](C)([O-])c1ccc(N=Nc2ccccn2)cc1. The summed E-state index contributed by atoms with van der Waals surface area (Å²) in [5.74, 6) is 0.557. The summed E-state index contributed by atoms with van der Waals surface area (Å²) in [4.78, 5) is 4.04. The third-order valence-corrected chi connectivity index (χ3v) is 2.39. The minimum atomic E-state index is -0.461. The van der Waals surface area contributed by atoms with Gasteiger partial charge in [0.2, 0.25) is 0 Å². The number of nitrogens with zero attached hydrogens (tertiary/aromatic N) is 4. The zero-order valence-electron chi connectivity index (χ0n) is 10.3. The summed E-state index contributed by atoms with van der Waals surface area (Å²) in [5.41, 5.74) is 1.37. The van der Waals surface area contributed by atoms with Gasteiger partial charge in [0, 0.05) is 18.3 Å². The molecule has 0 spiro atoms. The number of benzene rings is 1. The van der Waals surface area contributed by atoms with Crippen LogP contribution in [-0.4, -0.2) is 19.1 Å². The number of hydroxylamine groups is 2. The summed E-state index contributed by atoms with van der Waals surface area (Å²) in [6.07, 6.45) is 1.66. The van der Waals surface area contributed by atoms with Gasteiger partial charge in [0.25, 0.3) is 0 Å². The molecule has 1 aromatic carbocycles. The average Bonchev–Trinajstić information content (AvgIpc) is 2.37. The third kappa shape index (κ3) is 3.19. The molecule has 1 heterocycles. The van der Waals surface area contributed by atoms with E-state index in [1.807, 2.05) is 12.1 Å². The first-order chi connectivity index (χ1) is 8.55. The van der Waals surface area contributed by atoms with Crippen LogP contribution in [-0.2, 0) is 0 Å². The highest BCUT2D eigenvalue weighted by Crippen LogP contribution is 2.23.